The van der Waals surface area contributed by atoms with Crippen LogP contribution in [0, 0.1) is 17.6 Å². The fourth-order valence-electron chi connectivity index (χ4n) is 1.72. The third kappa shape index (κ3) is 4.66. The van der Waals surface area contributed by atoms with E-state index in [1.165, 1.54) is 12.1 Å². The Bertz CT molecular complexity index is 602. The zero-order chi connectivity index (χ0) is 15.2. The number of hydrogen-bond acceptors (Lipinski definition) is 4. The second-order valence-corrected chi connectivity index (χ2v) is 5.12. The van der Waals surface area contributed by atoms with Gasteiger partial charge in [0.1, 0.15) is 17.5 Å². The maximum absolute atomic E-state index is 13.6. The Kier molecular flexibility index (Phi) is 5.03. The van der Waals surface area contributed by atoms with Crippen LogP contribution in [0.5, 0.6) is 0 Å². The minimum absolute atomic E-state index is 0.135. The molecular weight excluding hydrogens is 274 g/mol. The van der Waals surface area contributed by atoms with Gasteiger partial charge in [0, 0.05) is 18.8 Å². The van der Waals surface area contributed by atoms with Gasteiger partial charge in [-0.05, 0) is 30.5 Å². The van der Waals surface area contributed by atoms with Gasteiger partial charge in [-0.2, -0.15) is 4.98 Å². The highest BCUT2D eigenvalue weighted by Crippen LogP contribution is 2.19. The molecule has 2 aromatic rings. The van der Waals surface area contributed by atoms with E-state index in [1.54, 1.807) is 12.3 Å². The second-order valence-electron chi connectivity index (χ2n) is 5.12. The van der Waals surface area contributed by atoms with Gasteiger partial charge in [0.25, 0.3) is 0 Å². The molecule has 4 nitrogen and oxygen atoms in total. The van der Waals surface area contributed by atoms with Crippen LogP contribution in [0.2, 0.25) is 0 Å². The minimum atomic E-state index is -0.684. The summed E-state index contributed by atoms with van der Waals surface area (Å²) in [5.41, 5.74) is 0.135. The summed E-state index contributed by atoms with van der Waals surface area (Å²) in [7, 11) is 0. The minimum Gasteiger partial charge on any atom is -0.370 e. The Labute approximate surface area is 122 Å². The Morgan fingerprint density at radius 2 is 2.00 bits per heavy atom. The van der Waals surface area contributed by atoms with Crippen LogP contribution in [-0.4, -0.2) is 16.5 Å². The molecule has 0 unspecified atom stereocenters. The highest BCUT2D eigenvalue weighted by Gasteiger charge is 2.06. The molecule has 6 heteroatoms. The molecule has 112 valence electrons. The van der Waals surface area contributed by atoms with Crippen molar-refractivity contribution in [1.82, 2.24) is 9.97 Å². The summed E-state index contributed by atoms with van der Waals surface area (Å²) in [6, 6.07) is 5.04. The molecule has 0 fully saturated rings. The number of hydrogen-bond donors (Lipinski definition) is 2. The predicted octanol–water partition coefficient (Wildman–Crippen LogP) is 3.96. The largest absolute Gasteiger partial charge is 0.370 e. The maximum atomic E-state index is 13.6. The monoisotopic (exact) mass is 292 g/mol. The van der Waals surface area contributed by atoms with Gasteiger partial charge >= 0.3 is 0 Å². The zero-order valence-electron chi connectivity index (χ0n) is 12.0. The van der Waals surface area contributed by atoms with Crippen molar-refractivity contribution in [3.05, 3.63) is 42.1 Å². The van der Waals surface area contributed by atoms with Crippen LogP contribution in [0.15, 0.2) is 30.5 Å². The molecule has 0 atom stereocenters. The van der Waals surface area contributed by atoms with Crippen molar-refractivity contribution in [2.24, 2.45) is 5.92 Å². The Morgan fingerprint density at radius 3 is 2.71 bits per heavy atom. The van der Waals surface area contributed by atoms with Crippen molar-refractivity contribution >= 4 is 17.5 Å². The fraction of sp³-hybridized carbons (Fsp3) is 0.333. The summed E-state index contributed by atoms with van der Waals surface area (Å²) in [5, 5.41) is 5.92. The van der Waals surface area contributed by atoms with E-state index in [4.69, 9.17) is 0 Å². The average molecular weight is 292 g/mol. The summed E-state index contributed by atoms with van der Waals surface area (Å²) in [6.07, 6.45) is 2.60. The molecule has 0 radical (unpaired) electrons. The van der Waals surface area contributed by atoms with Crippen LogP contribution in [0.3, 0.4) is 0 Å². The van der Waals surface area contributed by atoms with Gasteiger partial charge in [-0.15, -0.1) is 0 Å². The molecule has 0 aliphatic heterocycles. The van der Waals surface area contributed by atoms with E-state index in [9.17, 15) is 8.78 Å². The highest BCUT2D eigenvalue weighted by molar-refractivity contribution is 5.55. The van der Waals surface area contributed by atoms with Crippen LogP contribution in [0.4, 0.5) is 26.2 Å². The third-order valence-electron chi connectivity index (χ3n) is 2.86. The summed E-state index contributed by atoms with van der Waals surface area (Å²) >= 11 is 0. The number of rotatable bonds is 6. The fourth-order valence-corrected chi connectivity index (χ4v) is 1.72. The number of aromatic nitrogens is 2. The van der Waals surface area contributed by atoms with E-state index < -0.39 is 11.6 Å². The molecule has 0 bridgehead atoms. The van der Waals surface area contributed by atoms with Gasteiger partial charge < -0.3 is 10.6 Å². The highest BCUT2D eigenvalue weighted by atomic mass is 19.1. The molecule has 2 rings (SSSR count). The van der Waals surface area contributed by atoms with Crippen LogP contribution in [0.25, 0.3) is 0 Å². The lowest BCUT2D eigenvalue weighted by atomic mass is 10.1. The topological polar surface area (TPSA) is 49.8 Å². The predicted molar refractivity (Wildman–Crippen MR) is 79.6 cm³/mol. The molecule has 0 spiro atoms. The van der Waals surface area contributed by atoms with Crippen LogP contribution >= 0.6 is 0 Å². The van der Waals surface area contributed by atoms with E-state index >= 15 is 0 Å². The molecule has 0 amide bonds. The quantitative estimate of drug-likeness (QED) is 0.846. The van der Waals surface area contributed by atoms with E-state index in [2.05, 4.69) is 34.4 Å². The molecule has 0 aliphatic carbocycles. The average Bonchev–Trinajstić information content (AvgIpc) is 2.42. The molecule has 21 heavy (non-hydrogen) atoms. The smallest absolute Gasteiger partial charge is 0.229 e. The third-order valence-corrected chi connectivity index (χ3v) is 2.86. The first-order valence-electron chi connectivity index (χ1n) is 6.83. The number of anilines is 3. The van der Waals surface area contributed by atoms with Crippen molar-refractivity contribution in [3.63, 3.8) is 0 Å². The Balaban J connectivity index is 2.03. The maximum Gasteiger partial charge on any atom is 0.229 e. The van der Waals surface area contributed by atoms with Crippen LogP contribution in [-0.2, 0) is 0 Å². The molecular formula is C15H18F2N4. The first kappa shape index (κ1) is 15.2. The van der Waals surface area contributed by atoms with E-state index in [0.717, 1.165) is 19.0 Å². The molecule has 0 aliphatic rings. The standard InChI is InChI=1S/C15H18F2N4/c1-10(2)5-7-18-14-6-8-19-15(21-14)20-13-4-3-11(16)9-12(13)17/h3-4,6,8-10H,5,7H2,1-2H3,(H2,18,19,20,21). The van der Waals surface area contributed by atoms with Crippen molar-refractivity contribution in [1.29, 1.82) is 0 Å². The SMILES string of the molecule is CC(C)CCNc1ccnc(Nc2ccc(F)cc2F)n1. The van der Waals surface area contributed by atoms with Gasteiger partial charge in [0.15, 0.2) is 0 Å². The summed E-state index contributed by atoms with van der Waals surface area (Å²) in [5.74, 6) is 0.218. The van der Waals surface area contributed by atoms with Gasteiger partial charge in [-0.1, -0.05) is 13.8 Å². The van der Waals surface area contributed by atoms with Gasteiger partial charge in [-0.3, -0.25) is 0 Å². The lowest BCUT2D eigenvalue weighted by molar-refractivity contribution is 0.586. The molecule has 0 saturated heterocycles. The lowest BCUT2D eigenvalue weighted by Crippen LogP contribution is -2.07. The van der Waals surface area contributed by atoms with Crippen LogP contribution < -0.4 is 10.6 Å². The lowest BCUT2D eigenvalue weighted by Gasteiger charge is -2.10. The number of nitrogens with zero attached hydrogens (tertiary/aromatic N) is 2. The molecule has 1 aromatic heterocycles. The second kappa shape index (κ2) is 6.97. The molecule has 2 N–H and O–H groups in total. The molecule has 0 saturated carbocycles. The van der Waals surface area contributed by atoms with Crippen molar-refractivity contribution < 1.29 is 8.78 Å². The summed E-state index contributed by atoms with van der Waals surface area (Å²) in [6.45, 7) is 5.09. The normalized spacial score (nSPS) is 10.7. The number of nitrogens with one attached hydrogen (secondary N) is 2. The first-order valence-corrected chi connectivity index (χ1v) is 6.83. The van der Waals surface area contributed by atoms with Crippen molar-refractivity contribution in [2.75, 3.05) is 17.2 Å². The first-order chi connectivity index (χ1) is 10.0. The summed E-state index contributed by atoms with van der Waals surface area (Å²) in [4.78, 5) is 8.25. The number of benzene rings is 1. The van der Waals surface area contributed by atoms with E-state index in [0.29, 0.717) is 11.7 Å². The Morgan fingerprint density at radius 1 is 1.19 bits per heavy atom. The van der Waals surface area contributed by atoms with Crippen LogP contribution in [0.1, 0.15) is 20.3 Å². The number of halogens is 2. The summed E-state index contributed by atoms with van der Waals surface area (Å²) < 4.78 is 26.4. The molecule has 1 aromatic carbocycles. The van der Waals surface area contributed by atoms with E-state index in [-0.39, 0.29) is 11.6 Å². The van der Waals surface area contributed by atoms with Crippen molar-refractivity contribution in [3.8, 4) is 0 Å². The van der Waals surface area contributed by atoms with E-state index in [1.807, 2.05) is 0 Å². The Hall–Kier alpha value is -2.24. The zero-order valence-corrected chi connectivity index (χ0v) is 12.0. The van der Waals surface area contributed by atoms with Gasteiger partial charge in [0.2, 0.25) is 5.95 Å². The van der Waals surface area contributed by atoms with Gasteiger partial charge in [-0.25, -0.2) is 13.8 Å². The molecule has 1 heterocycles. The van der Waals surface area contributed by atoms with Crippen molar-refractivity contribution in [2.45, 2.75) is 20.3 Å². The van der Waals surface area contributed by atoms with Gasteiger partial charge in [0.05, 0.1) is 5.69 Å².